The number of likely N-dealkylation sites (tertiary alicyclic amines) is 1. The van der Waals surface area contributed by atoms with E-state index in [0.29, 0.717) is 22.0 Å². The lowest BCUT2D eigenvalue weighted by Gasteiger charge is -2.26. The first kappa shape index (κ1) is 35.7. The van der Waals surface area contributed by atoms with Crippen LogP contribution < -0.4 is 5.73 Å². The second-order valence-electron chi connectivity index (χ2n) is 11.2. The van der Waals surface area contributed by atoms with E-state index in [1.807, 2.05) is 6.79 Å². The SMILES string of the molecule is C=O.CN1CCC(c2ccccc2)C1.NC(=O)c1cc2cc(C(F)(F)P(O)O)ccc2s1.O=C1CCCCCC2CCCN12. The van der Waals surface area contributed by atoms with Crippen LogP contribution in [0, 0.1) is 0 Å². The van der Waals surface area contributed by atoms with Gasteiger partial charge in [0.15, 0.2) is 0 Å². The van der Waals surface area contributed by atoms with Gasteiger partial charge in [0.05, 0.1) is 4.88 Å². The number of carbonyl (C=O) groups excluding carboxylic acids is 3. The molecule has 0 aliphatic carbocycles. The minimum Gasteiger partial charge on any atom is -0.365 e. The summed E-state index contributed by atoms with van der Waals surface area (Å²) < 4.78 is 27.5. The molecule has 6 rings (SSSR count). The fraction of sp³-hybridized carbons (Fsp3) is 0.469. The number of amides is 2. The lowest BCUT2D eigenvalue weighted by molar-refractivity contribution is -0.132. The van der Waals surface area contributed by atoms with Crippen molar-refractivity contribution >= 4 is 48.4 Å². The molecule has 12 heteroatoms. The summed E-state index contributed by atoms with van der Waals surface area (Å²) in [6.07, 6.45) is 9.57. The second kappa shape index (κ2) is 17.0. The third kappa shape index (κ3) is 9.59. The molecule has 4 N–H and O–H groups in total. The molecule has 0 spiro atoms. The topological polar surface area (TPSA) is 124 Å². The van der Waals surface area contributed by atoms with E-state index in [1.54, 1.807) is 0 Å². The predicted octanol–water partition coefficient (Wildman–Crippen LogP) is 6.21. The molecule has 3 aliphatic rings. The zero-order chi connectivity index (χ0) is 32.3. The summed E-state index contributed by atoms with van der Waals surface area (Å²) in [5, 5.41) is 0.419. The molecule has 3 saturated heterocycles. The fourth-order valence-corrected chi connectivity index (χ4v) is 7.11. The van der Waals surface area contributed by atoms with Crippen molar-refractivity contribution in [2.45, 2.75) is 69.0 Å². The maximum absolute atomic E-state index is 13.4. The van der Waals surface area contributed by atoms with Gasteiger partial charge in [0.2, 0.25) is 14.3 Å². The van der Waals surface area contributed by atoms with E-state index in [2.05, 4.69) is 47.2 Å². The number of nitrogens with two attached hydrogens (primary N) is 1. The summed E-state index contributed by atoms with van der Waals surface area (Å²) in [6, 6.07) is 16.5. The minimum absolute atomic E-state index is 0.265. The number of thiophene rings is 1. The van der Waals surface area contributed by atoms with Gasteiger partial charge in [0.25, 0.3) is 5.91 Å². The van der Waals surface area contributed by atoms with Crippen molar-refractivity contribution in [1.29, 1.82) is 0 Å². The van der Waals surface area contributed by atoms with Crippen LogP contribution in [0.5, 0.6) is 0 Å². The summed E-state index contributed by atoms with van der Waals surface area (Å²) in [5.41, 5.74) is 2.40. The quantitative estimate of drug-likeness (QED) is 0.289. The molecular formula is C32H42F2N3O5PS. The highest BCUT2D eigenvalue weighted by Gasteiger charge is 2.41. The molecule has 2 unspecified atom stereocenters. The van der Waals surface area contributed by atoms with Gasteiger partial charge in [0.1, 0.15) is 6.79 Å². The highest BCUT2D eigenvalue weighted by molar-refractivity contribution is 7.46. The Morgan fingerprint density at radius 1 is 1.00 bits per heavy atom. The van der Waals surface area contributed by atoms with Crippen molar-refractivity contribution < 1.29 is 33.0 Å². The number of likely N-dealkylation sites (N-methyl/N-ethyl adjacent to an activating group) is 1. The average Bonchev–Trinajstić information content (AvgIpc) is 3.77. The molecule has 4 heterocycles. The van der Waals surface area contributed by atoms with Crippen molar-refractivity contribution in [3.8, 4) is 0 Å². The van der Waals surface area contributed by atoms with Crippen LogP contribution in [0.25, 0.3) is 10.1 Å². The zero-order valence-electron chi connectivity index (χ0n) is 25.0. The van der Waals surface area contributed by atoms with E-state index in [0.717, 1.165) is 48.8 Å². The Labute approximate surface area is 262 Å². The molecule has 3 aliphatic heterocycles. The fourth-order valence-electron chi connectivity index (χ4n) is 5.84. The van der Waals surface area contributed by atoms with Crippen LogP contribution >= 0.6 is 19.7 Å². The van der Waals surface area contributed by atoms with Gasteiger partial charge in [-0.2, -0.15) is 8.78 Å². The van der Waals surface area contributed by atoms with Crippen molar-refractivity contribution in [1.82, 2.24) is 9.80 Å². The van der Waals surface area contributed by atoms with Crippen LogP contribution in [0.3, 0.4) is 0 Å². The maximum atomic E-state index is 13.4. The first-order valence-electron chi connectivity index (χ1n) is 14.8. The van der Waals surface area contributed by atoms with Crippen molar-refractivity contribution in [3.63, 3.8) is 0 Å². The highest BCUT2D eigenvalue weighted by atomic mass is 32.1. The monoisotopic (exact) mass is 649 g/mol. The van der Waals surface area contributed by atoms with Gasteiger partial charge >= 0.3 is 5.66 Å². The van der Waals surface area contributed by atoms with Gasteiger partial charge < -0.3 is 30.1 Å². The van der Waals surface area contributed by atoms with Crippen molar-refractivity contribution in [2.24, 2.45) is 5.73 Å². The highest BCUT2D eigenvalue weighted by Crippen LogP contribution is 2.53. The molecule has 8 nitrogen and oxygen atoms in total. The molecule has 1 aromatic heterocycles. The smallest absolute Gasteiger partial charge is 0.339 e. The van der Waals surface area contributed by atoms with Crippen LogP contribution in [0.1, 0.15) is 78.1 Å². The standard InChI is InChI=1S/C11H15N.C10H8F2NO3PS.C10H17NO.CH2O/c1-12-8-7-11(9-12)10-5-3-2-4-6-10;11-10(12,17(15)16)6-1-2-7-5(3-6)4-8(18-7)9(13)14;12-10-7-3-1-2-5-9-6-4-8-11(9)10;1-2/h2-6,11H,7-9H2,1H3;1-4,15-16H,(H2,13,14);9H,1-8H2;1H2. The van der Waals surface area contributed by atoms with Gasteiger partial charge in [-0.25, -0.2) is 0 Å². The molecule has 3 aromatic rings. The Kier molecular flexibility index (Phi) is 13.8. The first-order valence-corrected chi connectivity index (χ1v) is 16.8. The number of carbonyl (C=O) groups is 3. The second-order valence-corrected chi connectivity index (χ2v) is 13.4. The van der Waals surface area contributed by atoms with Crippen molar-refractivity contribution in [2.75, 3.05) is 26.7 Å². The van der Waals surface area contributed by atoms with Gasteiger partial charge in [-0.3, -0.25) is 9.59 Å². The van der Waals surface area contributed by atoms with E-state index in [9.17, 15) is 18.4 Å². The maximum Gasteiger partial charge on any atom is 0.339 e. The van der Waals surface area contributed by atoms with Crippen molar-refractivity contribution in [3.05, 3.63) is 70.6 Å². The Morgan fingerprint density at radius 2 is 1.70 bits per heavy atom. The Hall–Kier alpha value is -2.82. The normalized spacial score (nSPS) is 20.3. The van der Waals surface area contributed by atoms with Gasteiger partial charge in [-0.15, -0.1) is 11.3 Å². The summed E-state index contributed by atoms with van der Waals surface area (Å²) in [4.78, 5) is 52.7. The zero-order valence-corrected chi connectivity index (χ0v) is 26.7. The minimum atomic E-state index is -3.70. The van der Waals surface area contributed by atoms with E-state index in [-0.39, 0.29) is 4.88 Å². The van der Waals surface area contributed by atoms with Crippen LogP contribution in [-0.4, -0.2) is 70.9 Å². The van der Waals surface area contributed by atoms with E-state index in [1.165, 1.54) is 69.3 Å². The molecule has 44 heavy (non-hydrogen) atoms. The number of primary amides is 1. The summed E-state index contributed by atoms with van der Waals surface area (Å²) in [5.74, 6) is 0.560. The predicted molar refractivity (Wildman–Crippen MR) is 172 cm³/mol. The van der Waals surface area contributed by atoms with Crippen LogP contribution in [-0.2, 0) is 15.3 Å². The first-order chi connectivity index (χ1) is 21.1. The summed E-state index contributed by atoms with van der Waals surface area (Å²) in [6.45, 7) is 5.51. The number of fused-ring (bicyclic) bond motifs is 2. The number of alkyl halides is 2. The molecule has 0 saturated carbocycles. The van der Waals surface area contributed by atoms with Crippen LogP contribution in [0.2, 0.25) is 0 Å². The third-order valence-electron chi connectivity index (χ3n) is 8.15. The number of hydrogen-bond acceptors (Lipinski definition) is 7. The number of benzene rings is 2. The van der Waals surface area contributed by atoms with Gasteiger partial charge in [-0.1, -0.05) is 49.2 Å². The Balaban J connectivity index is 0.000000180. The van der Waals surface area contributed by atoms with E-state index >= 15 is 0 Å². The lowest BCUT2D eigenvalue weighted by atomic mass is 9.99. The molecule has 2 aromatic carbocycles. The van der Waals surface area contributed by atoms with Crippen LogP contribution in [0.15, 0.2) is 54.6 Å². The number of nitrogens with zero attached hydrogens (tertiary/aromatic N) is 2. The molecular weight excluding hydrogens is 607 g/mol. The van der Waals surface area contributed by atoms with E-state index < -0.39 is 25.5 Å². The largest absolute Gasteiger partial charge is 0.365 e. The Morgan fingerprint density at radius 3 is 2.34 bits per heavy atom. The number of halogens is 2. The summed E-state index contributed by atoms with van der Waals surface area (Å²) >= 11 is 1.09. The lowest BCUT2D eigenvalue weighted by Crippen LogP contribution is -2.36. The average molecular weight is 650 g/mol. The molecule has 3 fully saturated rings. The molecule has 240 valence electrons. The van der Waals surface area contributed by atoms with Gasteiger partial charge in [-0.05, 0) is 80.8 Å². The number of hydrogen-bond donors (Lipinski definition) is 3. The molecule has 0 radical (unpaired) electrons. The molecule has 2 atom stereocenters. The van der Waals surface area contributed by atoms with E-state index in [4.69, 9.17) is 20.3 Å². The molecule has 2 amide bonds. The molecule has 0 bridgehead atoms. The summed E-state index contributed by atoms with van der Waals surface area (Å²) in [7, 11) is -1.21. The Bertz CT molecular complexity index is 1360. The van der Waals surface area contributed by atoms with Crippen LogP contribution in [0.4, 0.5) is 8.78 Å². The number of rotatable bonds is 4. The third-order valence-corrected chi connectivity index (χ3v) is 10.0. The van der Waals surface area contributed by atoms with Gasteiger partial charge in [0, 0.05) is 35.8 Å².